The Morgan fingerprint density at radius 2 is 2.07 bits per heavy atom. The number of hydrogen-bond acceptors (Lipinski definition) is 4. The second-order valence-corrected chi connectivity index (χ2v) is 6.55. The molecule has 0 aliphatic rings. The maximum absolute atomic E-state index is 12.4. The summed E-state index contributed by atoms with van der Waals surface area (Å²) in [5, 5.41) is 12.9. The van der Waals surface area contributed by atoms with Crippen LogP contribution in [0.15, 0.2) is 36.7 Å². The van der Waals surface area contributed by atoms with E-state index in [1.165, 1.54) is 0 Å². The molecule has 0 radical (unpaired) electrons. The highest BCUT2D eigenvalue weighted by Crippen LogP contribution is 2.17. The van der Waals surface area contributed by atoms with Gasteiger partial charge in [-0.15, -0.1) is 0 Å². The second-order valence-electron chi connectivity index (χ2n) is 6.55. The maximum Gasteiger partial charge on any atom is 0.319 e. The van der Waals surface area contributed by atoms with Crippen LogP contribution in [-0.2, 0) is 13.5 Å². The molecule has 0 aliphatic carbocycles. The van der Waals surface area contributed by atoms with Crippen molar-refractivity contribution in [2.75, 3.05) is 5.32 Å². The smallest absolute Gasteiger partial charge is 0.319 e. The Labute approximate surface area is 158 Å². The molecule has 3 rings (SSSR count). The Hall–Kier alpha value is -3.16. The first-order valence-electron chi connectivity index (χ1n) is 9.06. The van der Waals surface area contributed by atoms with Gasteiger partial charge in [0.1, 0.15) is 11.6 Å². The van der Waals surface area contributed by atoms with E-state index in [1.807, 2.05) is 49.0 Å². The van der Waals surface area contributed by atoms with E-state index in [-0.39, 0.29) is 12.1 Å². The highest BCUT2D eigenvalue weighted by Gasteiger charge is 2.17. The quantitative estimate of drug-likeness (QED) is 0.597. The number of benzene rings is 1. The minimum atomic E-state index is -0.242. The second kappa shape index (κ2) is 8.48. The number of aryl methyl sites for hydroxylation is 2. The molecule has 1 unspecified atom stereocenters. The van der Waals surface area contributed by atoms with Crippen molar-refractivity contribution in [1.82, 2.24) is 30.0 Å². The van der Waals surface area contributed by atoms with Crippen LogP contribution in [0.25, 0.3) is 0 Å². The molecule has 8 nitrogen and oxygen atoms in total. The molecule has 3 aromatic rings. The Bertz CT molecular complexity index is 882. The summed E-state index contributed by atoms with van der Waals surface area (Å²) in [5.41, 5.74) is 1.81. The predicted octanol–water partition coefficient (Wildman–Crippen LogP) is 3.10. The fraction of sp³-hybridized carbons (Fsp3) is 0.368. The Balaban J connectivity index is 1.59. The standard InChI is InChI=1S/C19H25N7O/c1-4-5-16(18-20-10-11-26(18)3)23-19(27)22-15-8-6-14(7-9-15)12-17-21-13(2)24-25-17/h6-11,16H,4-5,12H2,1-3H3,(H,21,24,25)(H2,22,23,27). The molecule has 2 aromatic heterocycles. The summed E-state index contributed by atoms with van der Waals surface area (Å²) in [5.74, 6) is 2.40. The average Bonchev–Trinajstić information content (AvgIpc) is 3.24. The summed E-state index contributed by atoms with van der Waals surface area (Å²) in [6, 6.07) is 7.32. The fourth-order valence-electron chi connectivity index (χ4n) is 2.95. The molecule has 0 spiro atoms. The van der Waals surface area contributed by atoms with Gasteiger partial charge in [-0.3, -0.25) is 5.10 Å². The zero-order valence-electron chi connectivity index (χ0n) is 15.9. The summed E-state index contributed by atoms with van der Waals surface area (Å²) in [6.45, 7) is 3.96. The molecule has 2 heterocycles. The van der Waals surface area contributed by atoms with E-state index in [2.05, 4.69) is 37.7 Å². The SMILES string of the molecule is CCCC(NC(=O)Nc1ccc(Cc2n[nH]c(C)n2)cc1)c1nccn1C. The van der Waals surface area contributed by atoms with Crippen molar-refractivity contribution in [2.24, 2.45) is 7.05 Å². The van der Waals surface area contributed by atoms with Gasteiger partial charge in [0.15, 0.2) is 5.82 Å². The van der Waals surface area contributed by atoms with E-state index in [4.69, 9.17) is 0 Å². The lowest BCUT2D eigenvalue weighted by atomic mass is 10.1. The fourth-order valence-corrected chi connectivity index (χ4v) is 2.95. The largest absolute Gasteiger partial charge is 0.336 e. The van der Waals surface area contributed by atoms with Gasteiger partial charge in [0.25, 0.3) is 0 Å². The number of nitrogens with zero attached hydrogens (tertiary/aromatic N) is 4. The van der Waals surface area contributed by atoms with Gasteiger partial charge in [0, 0.05) is 31.5 Å². The molecule has 1 atom stereocenters. The van der Waals surface area contributed by atoms with Crippen molar-refractivity contribution < 1.29 is 4.79 Å². The number of urea groups is 1. The van der Waals surface area contributed by atoms with Gasteiger partial charge in [0.2, 0.25) is 0 Å². The molecule has 3 N–H and O–H groups in total. The number of hydrogen-bond donors (Lipinski definition) is 3. The molecule has 27 heavy (non-hydrogen) atoms. The van der Waals surface area contributed by atoms with E-state index in [0.717, 1.165) is 41.6 Å². The molecule has 2 amide bonds. The first-order chi connectivity index (χ1) is 13.0. The third kappa shape index (κ3) is 4.93. The Kier molecular flexibility index (Phi) is 5.85. The lowest BCUT2D eigenvalue weighted by Gasteiger charge is -2.18. The van der Waals surface area contributed by atoms with Gasteiger partial charge in [-0.05, 0) is 31.0 Å². The van der Waals surface area contributed by atoms with Crippen molar-refractivity contribution in [1.29, 1.82) is 0 Å². The molecule has 8 heteroatoms. The number of rotatable bonds is 7. The van der Waals surface area contributed by atoms with Gasteiger partial charge in [0.05, 0.1) is 6.04 Å². The molecule has 0 saturated heterocycles. The van der Waals surface area contributed by atoms with Crippen molar-refractivity contribution in [3.8, 4) is 0 Å². The van der Waals surface area contributed by atoms with E-state index in [9.17, 15) is 4.79 Å². The highest BCUT2D eigenvalue weighted by molar-refractivity contribution is 5.89. The Morgan fingerprint density at radius 1 is 1.30 bits per heavy atom. The van der Waals surface area contributed by atoms with Gasteiger partial charge in [-0.25, -0.2) is 14.8 Å². The van der Waals surface area contributed by atoms with Crippen molar-refractivity contribution in [2.45, 2.75) is 39.2 Å². The van der Waals surface area contributed by atoms with E-state index in [0.29, 0.717) is 6.42 Å². The summed E-state index contributed by atoms with van der Waals surface area (Å²) >= 11 is 0. The van der Waals surface area contributed by atoms with E-state index >= 15 is 0 Å². The van der Waals surface area contributed by atoms with Crippen LogP contribution < -0.4 is 10.6 Å². The van der Waals surface area contributed by atoms with Gasteiger partial charge in [-0.1, -0.05) is 25.5 Å². The first kappa shape index (κ1) is 18.6. The first-order valence-corrected chi connectivity index (χ1v) is 9.06. The number of amides is 2. The van der Waals surface area contributed by atoms with Gasteiger partial charge < -0.3 is 15.2 Å². The molecule has 0 saturated carbocycles. The molecular formula is C19H25N7O. The number of anilines is 1. The third-order valence-electron chi connectivity index (χ3n) is 4.27. The van der Waals surface area contributed by atoms with Crippen molar-refractivity contribution in [3.63, 3.8) is 0 Å². The van der Waals surface area contributed by atoms with Crippen LogP contribution in [0.4, 0.5) is 10.5 Å². The molecule has 0 aliphatic heterocycles. The number of imidazole rings is 1. The zero-order chi connectivity index (χ0) is 19.2. The van der Waals surface area contributed by atoms with E-state index in [1.54, 1.807) is 6.20 Å². The number of carbonyl (C=O) groups excluding carboxylic acids is 1. The highest BCUT2D eigenvalue weighted by atomic mass is 16.2. The minimum Gasteiger partial charge on any atom is -0.336 e. The van der Waals surface area contributed by atoms with Crippen LogP contribution in [0.1, 0.15) is 48.8 Å². The molecular weight excluding hydrogens is 342 g/mol. The van der Waals surface area contributed by atoms with Gasteiger partial charge in [-0.2, -0.15) is 5.10 Å². The normalized spacial score (nSPS) is 12.0. The van der Waals surface area contributed by atoms with Crippen LogP contribution in [-0.4, -0.2) is 30.8 Å². The number of aromatic nitrogens is 5. The summed E-state index contributed by atoms with van der Waals surface area (Å²) in [7, 11) is 1.93. The number of aromatic amines is 1. The van der Waals surface area contributed by atoms with Crippen LogP contribution in [0.2, 0.25) is 0 Å². The van der Waals surface area contributed by atoms with Crippen LogP contribution >= 0.6 is 0 Å². The monoisotopic (exact) mass is 367 g/mol. The molecule has 0 bridgehead atoms. The lowest BCUT2D eigenvalue weighted by Crippen LogP contribution is -2.33. The predicted molar refractivity (Wildman–Crippen MR) is 103 cm³/mol. The van der Waals surface area contributed by atoms with Crippen molar-refractivity contribution in [3.05, 3.63) is 59.7 Å². The maximum atomic E-state index is 12.4. The Morgan fingerprint density at radius 3 is 2.67 bits per heavy atom. The molecule has 1 aromatic carbocycles. The summed E-state index contributed by atoms with van der Waals surface area (Å²) < 4.78 is 1.93. The number of H-pyrrole nitrogens is 1. The summed E-state index contributed by atoms with van der Waals surface area (Å²) in [6.07, 6.45) is 6.05. The molecule has 0 fully saturated rings. The van der Waals surface area contributed by atoms with Crippen molar-refractivity contribution >= 4 is 11.7 Å². The summed E-state index contributed by atoms with van der Waals surface area (Å²) in [4.78, 5) is 21.1. The van der Waals surface area contributed by atoms with Crippen LogP contribution in [0.5, 0.6) is 0 Å². The zero-order valence-corrected chi connectivity index (χ0v) is 15.9. The van der Waals surface area contributed by atoms with Gasteiger partial charge >= 0.3 is 6.03 Å². The molecule has 142 valence electrons. The number of nitrogens with one attached hydrogen (secondary N) is 3. The topological polar surface area (TPSA) is 101 Å². The average molecular weight is 367 g/mol. The lowest BCUT2D eigenvalue weighted by molar-refractivity contribution is 0.247. The van der Waals surface area contributed by atoms with E-state index < -0.39 is 0 Å². The minimum absolute atomic E-state index is 0.122. The van der Waals surface area contributed by atoms with Crippen LogP contribution in [0.3, 0.4) is 0 Å². The van der Waals surface area contributed by atoms with Crippen LogP contribution in [0, 0.1) is 6.92 Å². The number of carbonyl (C=O) groups is 1. The third-order valence-corrected chi connectivity index (χ3v) is 4.27.